The van der Waals surface area contributed by atoms with E-state index in [1.54, 1.807) is 19.2 Å². The maximum absolute atomic E-state index is 12.0. The molecule has 0 spiro atoms. The lowest BCUT2D eigenvalue weighted by atomic mass is 10.2. The van der Waals surface area contributed by atoms with Crippen molar-refractivity contribution in [2.24, 2.45) is 0 Å². The molecule has 6 nitrogen and oxygen atoms in total. The molecule has 7 heteroatoms. The predicted octanol–water partition coefficient (Wildman–Crippen LogP) is 0.395. The number of halogens is 1. The third-order valence-corrected chi connectivity index (χ3v) is 2.93. The Morgan fingerprint density at radius 3 is 2.94 bits per heavy atom. The minimum Gasteiger partial charge on any atom is -0.373 e. The van der Waals surface area contributed by atoms with Gasteiger partial charge in [-0.1, -0.05) is 11.6 Å². The number of rotatable bonds is 3. The summed E-state index contributed by atoms with van der Waals surface area (Å²) in [7, 11) is 1.71. The second kappa shape index (κ2) is 5.22. The topological polar surface area (TPSA) is 83.1 Å². The highest BCUT2D eigenvalue weighted by Gasteiger charge is 2.24. The van der Waals surface area contributed by atoms with Crippen molar-refractivity contribution in [3.63, 3.8) is 0 Å². The van der Waals surface area contributed by atoms with E-state index in [1.807, 2.05) is 0 Å². The van der Waals surface area contributed by atoms with Gasteiger partial charge in [-0.25, -0.2) is 4.98 Å². The zero-order chi connectivity index (χ0) is 13.1. The third kappa shape index (κ3) is 2.70. The van der Waals surface area contributed by atoms with Gasteiger partial charge in [-0.05, 0) is 12.1 Å². The van der Waals surface area contributed by atoms with Crippen LogP contribution in [0, 0.1) is 0 Å². The van der Waals surface area contributed by atoms with Gasteiger partial charge >= 0.3 is 0 Å². The van der Waals surface area contributed by atoms with Crippen LogP contribution in [0.2, 0.25) is 5.02 Å². The van der Waals surface area contributed by atoms with E-state index >= 15 is 0 Å². The number of hydrogen-bond acceptors (Lipinski definition) is 4. The molecule has 1 unspecified atom stereocenters. The highest BCUT2D eigenvalue weighted by atomic mass is 35.5. The summed E-state index contributed by atoms with van der Waals surface area (Å²) in [4.78, 5) is 27.1. The Morgan fingerprint density at radius 1 is 1.56 bits per heavy atom. The van der Waals surface area contributed by atoms with Gasteiger partial charge in [-0.2, -0.15) is 0 Å². The maximum atomic E-state index is 12.0. The number of carbonyl (C=O) groups excluding carboxylic acids is 2. The van der Waals surface area contributed by atoms with Crippen molar-refractivity contribution in [3.8, 4) is 0 Å². The lowest BCUT2D eigenvalue weighted by Gasteiger charge is -2.11. The van der Waals surface area contributed by atoms with Crippen LogP contribution in [-0.2, 0) is 4.79 Å². The first kappa shape index (κ1) is 12.6. The Morgan fingerprint density at radius 2 is 2.33 bits per heavy atom. The van der Waals surface area contributed by atoms with Gasteiger partial charge in [0.1, 0.15) is 11.5 Å². The van der Waals surface area contributed by atoms with Crippen molar-refractivity contribution in [2.75, 3.05) is 18.9 Å². The number of pyridine rings is 1. The fourth-order valence-corrected chi connectivity index (χ4v) is 1.89. The largest absolute Gasteiger partial charge is 0.373 e. The summed E-state index contributed by atoms with van der Waals surface area (Å²) in [6, 6.07) is 3.08. The van der Waals surface area contributed by atoms with Crippen molar-refractivity contribution in [1.29, 1.82) is 0 Å². The lowest BCUT2D eigenvalue weighted by molar-refractivity contribution is -0.119. The van der Waals surface area contributed by atoms with Crippen molar-refractivity contribution < 1.29 is 9.59 Å². The van der Waals surface area contributed by atoms with Crippen molar-refractivity contribution in [1.82, 2.24) is 15.6 Å². The second-order valence-corrected chi connectivity index (χ2v) is 4.36. The minimum atomic E-state index is -0.376. The fraction of sp³-hybridized carbons (Fsp3) is 0.364. The predicted molar refractivity (Wildman–Crippen MR) is 67.7 cm³/mol. The number of nitrogens with one attached hydrogen (secondary N) is 3. The van der Waals surface area contributed by atoms with Crippen LogP contribution >= 0.6 is 11.6 Å². The number of nitrogens with zero attached hydrogens (tertiary/aromatic N) is 1. The fourth-order valence-electron chi connectivity index (χ4n) is 1.70. The molecular weight excluding hydrogens is 256 g/mol. The van der Waals surface area contributed by atoms with Gasteiger partial charge in [-0.3, -0.25) is 9.59 Å². The monoisotopic (exact) mass is 268 g/mol. The summed E-state index contributed by atoms with van der Waals surface area (Å²) in [5, 5.41) is 8.48. The molecule has 0 radical (unpaired) electrons. The Hall–Kier alpha value is -1.82. The first-order valence-electron chi connectivity index (χ1n) is 5.52. The average Bonchev–Trinajstić information content (AvgIpc) is 2.75. The van der Waals surface area contributed by atoms with Crippen LogP contribution in [0.15, 0.2) is 12.1 Å². The van der Waals surface area contributed by atoms with E-state index in [-0.39, 0.29) is 35.0 Å². The number of hydrogen-bond donors (Lipinski definition) is 3. The van der Waals surface area contributed by atoms with E-state index in [0.717, 1.165) is 0 Å². The van der Waals surface area contributed by atoms with Gasteiger partial charge in [-0.15, -0.1) is 0 Å². The molecule has 18 heavy (non-hydrogen) atoms. The molecule has 1 atom stereocenters. The smallest absolute Gasteiger partial charge is 0.271 e. The molecular formula is C11H13ClN4O2. The zero-order valence-electron chi connectivity index (χ0n) is 9.79. The van der Waals surface area contributed by atoms with E-state index < -0.39 is 0 Å². The molecule has 1 saturated heterocycles. The van der Waals surface area contributed by atoms with Gasteiger partial charge in [0.05, 0.1) is 11.1 Å². The molecule has 3 N–H and O–H groups in total. The summed E-state index contributed by atoms with van der Waals surface area (Å²) in [5.41, 5.74) is 0.155. The Balaban J connectivity index is 2.10. The molecule has 96 valence electrons. The molecule has 0 aliphatic carbocycles. The summed E-state index contributed by atoms with van der Waals surface area (Å²) in [5.74, 6) is 0.118. The van der Waals surface area contributed by atoms with E-state index in [2.05, 4.69) is 20.9 Å². The van der Waals surface area contributed by atoms with Crippen molar-refractivity contribution >= 4 is 29.2 Å². The Bertz CT molecular complexity index is 492. The molecule has 0 bridgehead atoms. The molecule has 2 rings (SSSR count). The molecule has 2 amide bonds. The Kier molecular flexibility index (Phi) is 3.66. The number of aromatic nitrogens is 1. The van der Waals surface area contributed by atoms with E-state index in [0.29, 0.717) is 12.4 Å². The SMILES string of the molecule is CNc1ccc(Cl)c(C(=O)NC2CNC(=O)C2)n1. The van der Waals surface area contributed by atoms with Gasteiger partial charge < -0.3 is 16.0 Å². The van der Waals surface area contributed by atoms with Crippen LogP contribution in [0.4, 0.5) is 5.82 Å². The summed E-state index contributed by atoms with van der Waals surface area (Å²) >= 11 is 5.93. The molecule has 0 aromatic carbocycles. The van der Waals surface area contributed by atoms with Crippen LogP contribution in [0.1, 0.15) is 16.9 Å². The standard InChI is InChI=1S/C11H13ClN4O2/c1-13-8-3-2-7(12)10(16-8)11(18)15-6-4-9(17)14-5-6/h2-3,6H,4-5H2,1H3,(H,13,16)(H,14,17)(H,15,18). The average molecular weight is 269 g/mol. The normalized spacial score (nSPS) is 18.3. The Labute approximate surface area is 109 Å². The minimum absolute atomic E-state index is 0.0664. The molecule has 1 fully saturated rings. The van der Waals surface area contributed by atoms with E-state index in [4.69, 9.17) is 11.6 Å². The van der Waals surface area contributed by atoms with Crippen molar-refractivity contribution in [3.05, 3.63) is 22.8 Å². The van der Waals surface area contributed by atoms with Gasteiger partial charge in [0, 0.05) is 20.0 Å². The second-order valence-electron chi connectivity index (χ2n) is 3.96. The number of amides is 2. The molecule has 1 aliphatic heterocycles. The summed E-state index contributed by atoms with van der Waals surface area (Å²) in [6.45, 7) is 0.438. The van der Waals surface area contributed by atoms with Crippen LogP contribution in [0.5, 0.6) is 0 Å². The van der Waals surface area contributed by atoms with Crippen LogP contribution in [0.25, 0.3) is 0 Å². The number of anilines is 1. The van der Waals surface area contributed by atoms with Gasteiger partial charge in [0.2, 0.25) is 5.91 Å². The first-order valence-corrected chi connectivity index (χ1v) is 5.90. The molecule has 0 saturated carbocycles. The highest BCUT2D eigenvalue weighted by Crippen LogP contribution is 2.16. The first-order chi connectivity index (χ1) is 8.60. The third-order valence-electron chi connectivity index (χ3n) is 2.63. The molecule has 1 aliphatic rings. The summed E-state index contributed by atoms with van der Waals surface area (Å²) in [6.07, 6.45) is 0.287. The van der Waals surface area contributed by atoms with Gasteiger partial charge in [0.25, 0.3) is 5.91 Å². The quantitative estimate of drug-likeness (QED) is 0.741. The van der Waals surface area contributed by atoms with Crippen LogP contribution in [0.3, 0.4) is 0 Å². The lowest BCUT2D eigenvalue weighted by Crippen LogP contribution is -2.36. The van der Waals surface area contributed by atoms with E-state index in [9.17, 15) is 9.59 Å². The molecule has 2 heterocycles. The van der Waals surface area contributed by atoms with Crippen molar-refractivity contribution in [2.45, 2.75) is 12.5 Å². The van der Waals surface area contributed by atoms with Gasteiger partial charge in [0.15, 0.2) is 0 Å². The zero-order valence-corrected chi connectivity index (χ0v) is 10.5. The van der Waals surface area contributed by atoms with Crippen LogP contribution < -0.4 is 16.0 Å². The van der Waals surface area contributed by atoms with E-state index in [1.165, 1.54) is 0 Å². The molecule has 1 aromatic heterocycles. The molecule has 1 aromatic rings. The summed E-state index contributed by atoms with van der Waals surface area (Å²) < 4.78 is 0. The van der Waals surface area contributed by atoms with Crippen LogP contribution in [-0.4, -0.2) is 36.4 Å². The number of carbonyl (C=O) groups is 2. The maximum Gasteiger partial charge on any atom is 0.271 e. The highest BCUT2D eigenvalue weighted by molar-refractivity contribution is 6.33.